The molecular weight excluding hydrogens is 332 g/mol. The highest BCUT2D eigenvalue weighted by Gasteiger charge is 2.12. The SMILES string of the molecule is CCCCCOc1ccc(C(=O)Nc2nnc(-c3ccncc3)o2)cc1. The Balaban J connectivity index is 1.57. The quantitative estimate of drug-likeness (QED) is 0.617. The first kappa shape index (κ1) is 17.6. The molecule has 0 spiro atoms. The number of benzene rings is 1. The van der Waals surface area contributed by atoms with Gasteiger partial charge in [-0.2, -0.15) is 0 Å². The molecule has 0 fully saturated rings. The summed E-state index contributed by atoms with van der Waals surface area (Å²) >= 11 is 0. The van der Waals surface area contributed by atoms with Crippen LogP contribution in [0.2, 0.25) is 0 Å². The number of carbonyl (C=O) groups excluding carboxylic acids is 1. The molecule has 0 unspecified atom stereocenters. The highest BCUT2D eigenvalue weighted by molar-refractivity contribution is 6.03. The molecule has 1 N–H and O–H groups in total. The lowest BCUT2D eigenvalue weighted by molar-refractivity contribution is 0.102. The second-order valence-electron chi connectivity index (χ2n) is 5.68. The van der Waals surface area contributed by atoms with Gasteiger partial charge in [-0.25, -0.2) is 0 Å². The van der Waals surface area contributed by atoms with Gasteiger partial charge in [-0.05, 0) is 42.8 Å². The minimum absolute atomic E-state index is 0.0432. The van der Waals surface area contributed by atoms with Crippen molar-refractivity contribution >= 4 is 11.9 Å². The fourth-order valence-corrected chi connectivity index (χ4v) is 2.30. The number of anilines is 1. The largest absolute Gasteiger partial charge is 0.494 e. The number of pyridine rings is 1. The van der Waals surface area contributed by atoms with Gasteiger partial charge in [0.15, 0.2) is 0 Å². The second-order valence-corrected chi connectivity index (χ2v) is 5.68. The van der Waals surface area contributed by atoms with Gasteiger partial charge in [-0.3, -0.25) is 15.1 Å². The van der Waals surface area contributed by atoms with Gasteiger partial charge in [0.25, 0.3) is 5.91 Å². The van der Waals surface area contributed by atoms with E-state index in [0.717, 1.165) is 30.6 Å². The zero-order valence-electron chi connectivity index (χ0n) is 14.5. The molecule has 0 aliphatic heterocycles. The Kier molecular flexibility index (Phi) is 5.92. The molecule has 0 aliphatic carbocycles. The fourth-order valence-electron chi connectivity index (χ4n) is 2.30. The number of hydrogen-bond acceptors (Lipinski definition) is 6. The van der Waals surface area contributed by atoms with Crippen molar-refractivity contribution in [3.63, 3.8) is 0 Å². The Hall–Kier alpha value is -3.22. The number of hydrogen-bond donors (Lipinski definition) is 1. The third-order valence-electron chi connectivity index (χ3n) is 3.71. The predicted molar refractivity (Wildman–Crippen MR) is 96.9 cm³/mol. The van der Waals surface area contributed by atoms with E-state index >= 15 is 0 Å². The molecule has 3 aromatic rings. The fraction of sp³-hybridized carbons (Fsp3) is 0.263. The van der Waals surface area contributed by atoms with Crippen LogP contribution in [0.15, 0.2) is 53.2 Å². The van der Waals surface area contributed by atoms with Crippen LogP contribution in [0.3, 0.4) is 0 Å². The zero-order chi connectivity index (χ0) is 18.2. The van der Waals surface area contributed by atoms with E-state index in [1.807, 2.05) is 0 Å². The van der Waals surface area contributed by atoms with E-state index < -0.39 is 0 Å². The van der Waals surface area contributed by atoms with Gasteiger partial charge in [-0.1, -0.05) is 24.9 Å². The van der Waals surface area contributed by atoms with Crippen LogP contribution in [0.1, 0.15) is 36.5 Å². The minimum atomic E-state index is -0.326. The molecule has 1 amide bonds. The second kappa shape index (κ2) is 8.75. The van der Waals surface area contributed by atoms with Crippen molar-refractivity contribution in [2.75, 3.05) is 11.9 Å². The zero-order valence-corrected chi connectivity index (χ0v) is 14.5. The molecule has 0 aliphatic rings. The maximum Gasteiger partial charge on any atom is 0.322 e. The van der Waals surface area contributed by atoms with Crippen molar-refractivity contribution < 1.29 is 13.9 Å². The topological polar surface area (TPSA) is 90.1 Å². The summed E-state index contributed by atoms with van der Waals surface area (Å²) in [5.41, 5.74) is 1.21. The Bertz CT molecular complexity index is 832. The summed E-state index contributed by atoms with van der Waals surface area (Å²) in [7, 11) is 0. The third kappa shape index (κ3) is 4.66. The number of rotatable bonds is 8. The predicted octanol–water partition coefficient (Wildman–Crippen LogP) is 3.95. The van der Waals surface area contributed by atoms with Gasteiger partial charge in [0.2, 0.25) is 5.89 Å². The van der Waals surface area contributed by atoms with Gasteiger partial charge in [0.1, 0.15) is 5.75 Å². The smallest absolute Gasteiger partial charge is 0.322 e. The molecule has 0 atom stereocenters. The van der Waals surface area contributed by atoms with Crippen LogP contribution in [-0.4, -0.2) is 27.7 Å². The molecule has 2 aromatic heterocycles. The summed E-state index contributed by atoms with van der Waals surface area (Å²) < 4.78 is 11.1. The lowest BCUT2D eigenvalue weighted by atomic mass is 10.2. The van der Waals surface area contributed by atoms with E-state index in [-0.39, 0.29) is 11.9 Å². The molecule has 134 valence electrons. The van der Waals surface area contributed by atoms with Gasteiger partial charge < -0.3 is 9.15 Å². The van der Waals surface area contributed by atoms with Gasteiger partial charge >= 0.3 is 6.01 Å². The average molecular weight is 352 g/mol. The van der Waals surface area contributed by atoms with E-state index in [1.54, 1.807) is 48.8 Å². The Morgan fingerprint density at radius 3 is 2.58 bits per heavy atom. The van der Waals surface area contributed by atoms with E-state index in [1.165, 1.54) is 0 Å². The Labute approximate surface area is 151 Å². The highest BCUT2D eigenvalue weighted by Crippen LogP contribution is 2.19. The van der Waals surface area contributed by atoms with Crippen LogP contribution in [0.4, 0.5) is 6.01 Å². The van der Waals surface area contributed by atoms with Crippen LogP contribution in [-0.2, 0) is 0 Å². The molecule has 2 heterocycles. The standard InChI is InChI=1S/C19H20N4O3/c1-2-3-4-13-25-16-7-5-14(6-8-16)17(24)21-19-23-22-18(26-19)15-9-11-20-12-10-15/h5-12H,2-4,13H2,1H3,(H,21,23,24). The lowest BCUT2D eigenvalue weighted by Crippen LogP contribution is -2.12. The monoisotopic (exact) mass is 352 g/mol. The first-order valence-electron chi connectivity index (χ1n) is 8.54. The first-order valence-corrected chi connectivity index (χ1v) is 8.54. The Morgan fingerprint density at radius 2 is 1.85 bits per heavy atom. The first-order chi connectivity index (χ1) is 12.8. The highest BCUT2D eigenvalue weighted by atomic mass is 16.5. The van der Waals surface area contributed by atoms with Crippen molar-refractivity contribution in [3.8, 4) is 17.2 Å². The van der Waals surface area contributed by atoms with Crippen molar-refractivity contribution in [2.24, 2.45) is 0 Å². The molecule has 7 heteroatoms. The molecular formula is C19H20N4O3. The van der Waals surface area contributed by atoms with Gasteiger partial charge in [-0.15, -0.1) is 5.10 Å². The molecule has 7 nitrogen and oxygen atoms in total. The number of carbonyl (C=O) groups is 1. The number of amides is 1. The van der Waals surface area contributed by atoms with Gasteiger partial charge in [0, 0.05) is 23.5 Å². The Morgan fingerprint density at radius 1 is 1.08 bits per heavy atom. The molecule has 26 heavy (non-hydrogen) atoms. The minimum Gasteiger partial charge on any atom is -0.494 e. The van der Waals surface area contributed by atoms with Crippen LogP contribution >= 0.6 is 0 Å². The number of unbranched alkanes of at least 4 members (excludes halogenated alkanes) is 2. The molecule has 0 saturated carbocycles. The van der Waals surface area contributed by atoms with Crippen molar-refractivity contribution in [3.05, 3.63) is 54.4 Å². The molecule has 1 aromatic carbocycles. The number of ether oxygens (including phenoxy) is 1. The lowest BCUT2D eigenvalue weighted by Gasteiger charge is -2.06. The summed E-state index contributed by atoms with van der Waals surface area (Å²) in [6, 6.07) is 10.5. The normalized spacial score (nSPS) is 10.5. The summed E-state index contributed by atoms with van der Waals surface area (Å²) in [6.45, 7) is 2.83. The van der Waals surface area contributed by atoms with E-state index in [9.17, 15) is 4.79 Å². The van der Waals surface area contributed by atoms with E-state index in [2.05, 4.69) is 27.4 Å². The van der Waals surface area contributed by atoms with Crippen molar-refractivity contribution in [2.45, 2.75) is 26.2 Å². The summed E-state index contributed by atoms with van der Waals surface area (Å²) in [4.78, 5) is 16.2. The van der Waals surface area contributed by atoms with E-state index in [4.69, 9.17) is 9.15 Å². The van der Waals surface area contributed by atoms with Crippen molar-refractivity contribution in [1.82, 2.24) is 15.2 Å². The van der Waals surface area contributed by atoms with Crippen molar-refractivity contribution in [1.29, 1.82) is 0 Å². The average Bonchev–Trinajstić information content (AvgIpc) is 3.15. The van der Waals surface area contributed by atoms with Crippen LogP contribution < -0.4 is 10.1 Å². The number of nitrogens with one attached hydrogen (secondary N) is 1. The van der Waals surface area contributed by atoms with E-state index in [0.29, 0.717) is 18.1 Å². The maximum absolute atomic E-state index is 12.3. The number of aromatic nitrogens is 3. The molecule has 0 saturated heterocycles. The maximum atomic E-state index is 12.3. The summed E-state index contributed by atoms with van der Waals surface area (Å²) in [5, 5.41) is 10.3. The molecule has 0 radical (unpaired) electrons. The molecule has 3 rings (SSSR count). The summed E-state index contributed by atoms with van der Waals surface area (Å²) in [5.74, 6) is 0.737. The van der Waals surface area contributed by atoms with Crippen LogP contribution in [0.25, 0.3) is 11.5 Å². The number of nitrogens with zero attached hydrogens (tertiary/aromatic N) is 3. The van der Waals surface area contributed by atoms with Crippen LogP contribution in [0, 0.1) is 0 Å². The summed E-state index contributed by atoms with van der Waals surface area (Å²) in [6.07, 6.45) is 6.58. The van der Waals surface area contributed by atoms with Crippen LogP contribution in [0.5, 0.6) is 5.75 Å². The molecule has 0 bridgehead atoms. The third-order valence-corrected chi connectivity index (χ3v) is 3.71. The van der Waals surface area contributed by atoms with Gasteiger partial charge in [0.05, 0.1) is 6.61 Å².